The number of aliphatic imine (C=N–C) groups is 1. The van der Waals surface area contributed by atoms with Crippen LogP contribution in [-0.2, 0) is 9.84 Å². The quantitative estimate of drug-likeness (QED) is 0.236. The zero-order valence-electron chi connectivity index (χ0n) is 14.7. The standard InChI is InChI=1S/C15H32N4O2S.HI/c1-14(8-13-22(3,20)21)18-15(16-2)17-9-4-5-10-19-11-6-7-12-19;/h14H,4-13H2,1-3H3,(H2,16,17,18);1H. The monoisotopic (exact) mass is 460 g/mol. The summed E-state index contributed by atoms with van der Waals surface area (Å²) < 4.78 is 22.3. The number of guanidine groups is 1. The highest BCUT2D eigenvalue weighted by molar-refractivity contribution is 14.0. The van der Waals surface area contributed by atoms with Crippen LogP contribution in [0.3, 0.4) is 0 Å². The lowest BCUT2D eigenvalue weighted by Crippen LogP contribution is -2.43. The molecule has 8 heteroatoms. The van der Waals surface area contributed by atoms with Gasteiger partial charge in [0.2, 0.25) is 0 Å². The Hall–Kier alpha value is -0.0900. The lowest BCUT2D eigenvalue weighted by Gasteiger charge is -2.18. The van der Waals surface area contributed by atoms with Crippen LogP contribution in [0.15, 0.2) is 4.99 Å². The first-order valence-corrected chi connectivity index (χ1v) is 10.3. The van der Waals surface area contributed by atoms with Crippen molar-refractivity contribution >= 4 is 39.8 Å². The fourth-order valence-electron chi connectivity index (χ4n) is 2.56. The lowest BCUT2D eigenvalue weighted by molar-refractivity contribution is 0.330. The maximum Gasteiger partial charge on any atom is 0.191 e. The fraction of sp³-hybridized carbons (Fsp3) is 0.933. The van der Waals surface area contributed by atoms with E-state index in [1.807, 2.05) is 6.92 Å². The molecule has 2 N–H and O–H groups in total. The molecule has 0 aromatic rings. The molecule has 0 bridgehead atoms. The van der Waals surface area contributed by atoms with Crippen molar-refractivity contribution in [3.05, 3.63) is 0 Å². The number of unbranched alkanes of at least 4 members (excludes halogenated alkanes) is 1. The Morgan fingerprint density at radius 2 is 1.91 bits per heavy atom. The van der Waals surface area contributed by atoms with Gasteiger partial charge in [0.25, 0.3) is 0 Å². The Balaban J connectivity index is 0.00000484. The molecule has 6 nitrogen and oxygen atoms in total. The van der Waals surface area contributed by atoms with E-state index < -0.39 is 9.84 Å². The summed E-state index contributed by atoms with van der Waals surface area (Å²) in [6, 6.07) is 0.0884. The second-order valence-electron chi connectivity index (χ2n) is 6.22. The van der Waals surface area contributed by atoms with Gasteiger partial charge in [-0.05, 0) is 58.7 Å². The second-order valence-corrected chi connectivity index (χ2v) is 8.48. The summed E-state index contributed by atoms with van der Waals surface area (Å²) in [5.41, 5.74) is 0. The van der Waals surface area contributed by atoms with Crippen LogP contribution in [0.25, 0.3) is 0 Å². The molecule has 0 amide bonds. The first-order chi connectivity index (χ1) is 10.4. The summed E-state index contributed by atoms with van der Waals surface area (Å²) in [4.78, 5) is 6.71. The number of sulfone groups is 1. The van der Waals surface area contributed by atoms with Crippen LogP contribution >= 0.6 is 24.0 Å². The van der Waals surface area contributed by atoms with E-state index in [0.717, 1.165) is 18.9 Å². The number of nitrogens with one attached hydrogen (secondary N) is 2. The Morgan fingerprint density at radius 3 is 2.48 bits per heavy atom. The molecule has 0 aromatic heterocycles. The van der Waals surface area contributed by atoms with E-state index in [4.69, 9.17) is 0 Å². The molecule has 1 heterocycles. The maximum absolute atomic E-state index is 11.2. The molecule has 0 aromatic carbocycles. The summed E-state index contributed by atoms with van der Waals surface area (Å²) in [6.07, 6.45) is 6.88. The van der Waals surface area contributed by atoms with Gasteiger partial charge in [0, 0.05) is 25.9 Å². The highest BCUT2D eigenvalue weighted by atomic mass is 127. The van der Waals surface area contributed by atoms with Crippen molar-refractivity contribution in [1.29, 1.82) is 0 Å². The highest BCUT2D eigenvalue weighted by Gasteiger charge is 2.11. The molecule has 1 aliphatic rings. The SMILES string of the molecule is CN=C(NCCCCN1CCCC1)NC(C)CCS(C)(=O)=O.I. The van der Waals surface area contributed by atoms with Gasteiger partial charge in [0.05, 0.1) is 5.75 Å². The van der Waals surface area contributed by atoms with E-state index in [0.29, 0.717) is 6.42 Å². The number of hydrogen-bond donors (Lipinski definition) is 2. The first kappa shape index (κ1) is 22.9. The molecule has 0 spiro atoms. The van der Waals surface area contributed by atoms with Crippen molar-refractivity contribution in [3.8, 4) is 0 Å². The average Bonchev–Trinajstić information content (AvgIpc) is 2.96. The van der Waals surface area contributed by atoms with Crippen molar-refractivity contribution in [3.63, 3.8) is 0 Å². The van der Waals surface area contributed by atoms with Crippen molar-refractivity contribution in [2.75, 3.05) is 45.2 Å². The fourth-order valence-corrected chi connectivity index (χ4v) is 3.35. The zero-order valence-corrected chi connectivity index (χ0v) is 17.8. The minimum absolute atomic E-state index is 0. The lowest BCUT2D eigenvalue weighted by atomic mass is 10.2. The van der Waals surface area contributed by atoms with E-state index in [1.165, 1.54) is 45.2 Å². The van der Waals surface area contributed by atoms with Crippen LogP contribution < -0.4 is 10.6 Å². The summed E-state index contributed by atoms with van der Waals surface area (Å²) in [7, 11) is -1.16. The van der Waals surface area contributed by atoms with E-state index in [1.54, 1.807) is 7.05 Å². The Kier molecular flexibility index (Phi) is 12.2. The van der Waals surface area contributed by atoms with Crippen molar-refractivity contribution in [2.24, 2.45) is 4.99 Å². The molecule has 0 saturated carbocycles. The molecule has 1 saturated heterocycles. The third-order valence-corrected chi connectivity index (χ3v) is 4.90. The summed E-state index contributed by atoms with van der Waals surface area (Å²) in [5, 5.41) is 6.53. The van der Waals surface area contributed by atoms with Crippen LogP contribution in [0, 0.1) is 0 Å². The smallest absolute Gasteiger partial charge is 0.191 e. The van der Waals surface area contributed by atoms with E-state index >= 15 is 0 Å². The predicted octanol–water partition coefficient (Wildman–Crippen LogP) is 1.47. The Bertz CT molecular complexity index is 437. The molecule has 1 unspecified atom stereocenters. The minimum atomic E-state index is -2.90. The average molecular weight is 460 g/mol. The van der Waals surface area contributed by atoms with Crippen molar-refractivity contribution in [2.45, 2.75) is 45.1 Å². The maximum atomic E-state index is 11.2. The number of rotatable bonds is 9. The van der Waals surface area contributed by atoms with Crippen LogP contribution in [0.2, 0.25) is 0 Å². The minimum Gasteiger partial charge on any atom is -0.356 e. The van der Waals surface area contributed by atoms with Gasteiger partial charge in [-0.15, -0.1) is 24.0 Å². The third kappa shape index (κ3) is 12.0. The van der Waals surface area contributed by atoms with Crippen LogP contribution in [-0.4, -0.2) is 70.6 Å². The zero-order chi connectivity index (χ0) is 16.4. The molecule has 0 radical (unpaired) electrons. The van der Waals surface area contributed by atoms with Crippen molar-refractivity contribution in [1.82, 2.24) is 15.5 Å². The van der Waals surface area contributed by atoms with Gasteiger partial charge in [0.1, 0.15) is 9.84 Å². The molecule has 1 rings (SSSR count). The van der Waals surface area contributed by atoms with Crippen LogP contribution in [0.4, 0.5) is 0 Å². The number of halogens is 1. The van der Waals surface area contributed by atoms with E-state index in [-0.39, 0.29) is 35.8 Å². The van der Waals surface area contributed by atoms with Crippen LogP contribution in [0.5, 0.6) is 0 Å². The Morgan fingerprint density at radius 1 is 1.26 bits per heavy atom. The third-order valence-electron chi connectivity index (χ3n) is 3.92. The molecule has 1 fully saturated rings. The van der Waals surface area contributed by atoms with Gasteiger partial charge in [-0.25, -0.2) is 8.42 Å². The molecule has 23 heavy (non-hydrogen) atoms. The first-order valence-electron chi connectivity index (χ1n) is 8.28. The van der Waals surface area contributed by atoms with Gasteiger partial charge in [-0.3, -0.25) is 4.99 Å². The van der Waals surface area contributed by atoms with E-state index in [2.05, 4.69) is 20.5 Å². The van der Waals surface area contributed by atoms with Gasteiger partial charge in [-0.1, -0.05) is 0 Å². The summed E-state index contributed by atoms with van der Waals surface area (Å²) in [6.45, 7) is 6.58. The molecular weight excluding hydrogens is 427 g/mol. The van der Waals surface area contributed by atoms with E-state index in [9.17, 15) is 8.42 Å². The van der Waals surface area contributed by atoms with Crippen molar-refractivity contribution < 1.29 is 8.42 Å². The number of likely N-dealkylation sites (tertiary alicyclic amines) is 1. The molecule has 1 aliphatic heterocycles. The van der Waals surface area contributed by atoms with Gasteiger partial charge in [-0.2, -0.15) is 0 Å². The molecule has 0 aliphatic carbocycles. The van der Waals surface area contributed by atoms with Crippen LogP contribution in [0.1, 0.15) is 39.0 Å². The normalized spacial score (nSPS) is 17.6. The number of hydrogen-bond acceptors (Lipinski definition) is 4. The largest absolute Gasteiger partial charge is 0.356 e. The van der Waals surface area contributed by atoms with Gasteiger partial charge < -0.3 is 15.5 Å². The predicted molar refractivity (Wildman–Crippen MR) is 109 cm³/mol. The Labute approximate surface area is 158 Å². The topological polar surface area (TPSA) is 73.8 Å². The summed E-state index contributed by atoms with van der Waals surface area (Å²) >= 11 is 0. The molecule has 138 valence electrons. The highest BCUT2D eigenvalue weighted by Crippen LogP contribution is 2.07. The van der Waals surface area contributed by atoms with Gasteiger partial charge >= 0.3 is 0 Å². The molecular formula is C15H33IN4O2S. The second kappa shape index (κ2) is 12.3. The number of nitrogens with zero attached hydrogens (tertiary/aromatic N) is 2. The van der Waals surface area contributed by atoms with Gasteiger partial charge in [0.15, 0.2) is 5.96 Å². The molecule has 1 atom stereocenters. The summed E-state index contributed by atoms with van der Waals surface area (Å²) in [5.74, 6) is 0.954.